The maximum Gasteiger partial charge on any atom is 0.164 e. The lowest BCUT2D eigenvalue weighted by molar-refractivity contribution is 0.672. The van der Waals surface area contributed by atoms with E-state index in [1.807, 2.05) is 60.7 Å². The van der Waals surface area contributed by atoms with E-state index in [2.05, 4.69) is 42.5 Å². The lowest BCUT2D eigenvalue weighted by Crippen LogP contribution is -2.00. The summed E-state index contributed by atoms with van der Waals surface area (Å²) in [4.78, 5) is 14.9. The molecule has 0 spiro atoms. The molecule has 5 heteroatoms. The van der Waals surface area contributed by atoms with Crippen LogP contribution in [0.25, 0.3) is 109 Å². The third kappa shape index (κ3) is 5.09. The zero-order valence-corrected chi connectivity index (χ0v) is 29.0. The van der Waals surface area contributed by atoms with Crippen molar-refractivity contribution in [2.45, 2.75) is 0 Å². The van der Waals surface area contributed by atoms with Gasteiger partial charge in [0.05, 0.1) is 12.3 Å². The van der Waals surface area contributed by atoms with Gasteiger partial charge in [-0.1, -0.05) is 145 Å². The van der Waals surface area contributed by atoms with Crippen LogP contribution in [-0.4, -0.2) is 15.0 Å². The first-order valence-electron chi connectivity index (χ1n) is 21.8. The molecule has 11 aromatic rings. The molecule has 0 radical (unpaired) electrons. The lowest BCUT2D eigenvalue weighted by atomic mass is 10.00. The largest absolute Gasteiger partial charge is 0.455 e. The van der Waals surface area contributed by atoms with Crippen molar-refractivity contribution in [2.75, 3.05) is 0 Å². The number of thiophene rings is 1. The number of furan rings is 1. The second-order valence-corrected chi connectivity index (χ2v) is 13.9. The Morgan fingerprint density at radius 3 is 2.00 bits per heavy atom. The fourth-order valence-electron chi connectivity index (χ4n) is 7.00. The van der Waals surface area contributed by atoms with Crippen LogP contribution in [0.2, 0.25) is 0 Å². The van der Waals surface area contributed by atoms with E-state index in [9.17, 15) is 1.37 Å². The second-order valence-electron chi connectivity index (χ2n) is 12.9. The van der Waals surface area contributed by atoms with E-state index in [4.69, 9.17) is 30.3 Å². The normalized spacial score (nSPS) is 14.0. The number of rotatable bonds is 5. The molecule has 0 unspecified atom stereocenters. The van der Waals surface area contributed by atoms with E-state index in [-0.39, 0.29) is 56.4 Å². The van der Waals surface area contributed by atoms with Gasteiger partial charge < -0.3 is 4.42 Å². The fourth-order valence-corrected chi connectivity index (χ4v) is 8.28. The first kappa shape index (κ1) is 22.9. The zero-order chi connectivity index (χ0) is 43.4. The van der Waals surface area contributed by atoms with Crippen LogP contribution in [0.3, 0.4) is 0 Å². The molecule has 11 rings (SSSR count). The van der Waals surface area contributed by atoms with Crippen molar-refractivity contribution >= 4 is 64.2 Å². The zero-order valence-electron chi connectivity index (χ0n) is 37.2. The second kappa shape index (κ2) is 12.3. The van der Waals surface area contributed by atoms with Crippen LogP contribution in [0.5, 0.6) is 0 Å². The number of benzene rings is 8. The van der Waals surface area contributed by atoms with Crippen molar-refractivity contribution < 1.29 is 16.8 Å². The summed E-state index contributed by atoms with van der Waals surface area (Å²) in [5, 5.41) is 1.95. The quantitative estimate of drug-likeness (QED) is 0.178. The van der Waals surface area contributed by atoms with Crippen molar-refractivity contribution in [3.05, 3.63) is 176 Å². The number of aromatic nitrogens is 3. The van der Waals surface area contributed by atoms with Crippen molar-refractivity contribution in [2.24, 2.45) is 0 Å². The SMILES string of the molecule is [2H]c1c(-c2cccc(-c3nc(-c4ccccc4)nc(-c4ccc5c(c4)sc4c(-c6ccccc6)cccc45)n3)c2)c([2H])c2c(oc3c4c([2H])c([2H])c([2H])c([2H])c4c([2H])c([2H])c32)c1[2H]. The van der Waals surface area contributed by atoms with Gasteiger partial charge >= 0.3 is 0 Å². The van der Waals surface area contributed by atoms with E-state index in [1.54, 1.807) is 29.5 Å². The highest BCUT2D eigenvalue weighted by atomic mass is 32.1. The van der Waals surface area contributed by atoms with Crippen molar-refractivity contribution in [3.8, 4) is 56.4 Å². The van der Waals surface area contributed by atoms with Crippen LogP contribution in [0.1, 0.15) is 12.3 Å². The molecule has 0 atom stereocenters. The Labute approximate surface area is 327 Å². The number of nitrogens with zero attached hydrogens (tertiary/aromatic N) is 3. The number of hydrogen-bond acceptors (Lipinski definition) is 5. The van der Waals surface area contributed by atoms with Gasteiger partial charge in [-0.3, -0.25) is 0 Å². The third-order valence-corrected chi connectivity index (χ3v) is 10.8. The van der Waals surface area contributed by atoms with Crippen LogP contribution in [0.15, 0.2) is 180 Å². The van der Waals surface area contributed by atoms with E-state index in [0.717, 1.165) is 26.8 Å². The highest BCUT2D eigenvalue weighted by Crippen LogP contribution is 2.42. The van der Waals surface area contributed by atoms with Gasteiger partial charge in [-0.25, -0.2) is 15.0 Å². The monoisotopic (exact) mass is 716 g/mol. The smallest absolute Gasteiger partial charge is 0.164 e. The van der Waals surface area contributed by atoms with Gasteiger partial charge in [-0.2, -0.15) is 0 Å². The Bertz CT molecular complexity index is 3740. The Morgan fingerprint density at radius 1 is 0.463 bits per heavy atom. The molecule has 8 aromatic carbocycles. The van der Waals surface area contributed by atoms with Crippen LogP contribution < -0.4 is 0 Å². The first-order chi connectivity index (χ1) is 30.5. The van der Waals surface area contributed by atoms with E-state index in [0.29, 0.717) is 28.6 Å². The Hall–Kier alpha value is -6.95. The molecule has 0 bridgehead atoms. The molecule has 0 aliphatic rings. The van der Waals surface area contributed by atoms with Gasteiger partial charge in [0.1, 0.15) is 11.2 Å². The summed E-state index contributed by atoms with van der Waals surface area (Å²) in [7, 11) is 0. The molecule has 0 fully saturated rings. The maximum atomic E-state index is 9.50. The Balaban J connectivity index is 1.09. The Morgan fingerprint density at radius 2 is 1.17 bits per heavy atom. The van der Waals surface area contributed by atoms with Gasteiger partial charge in [0.2, 0.25) is 0 Å². The number of hydrogen-bond donors (Lipinski definition) is 0. The van der Waals surface area contributed by atoms with E-state index >= 15 is 0 Å². The standard InChI is InChI=1S/C49H29N3OS/c1-3-11-30(12-4-1)38-19-10-20-41-39-24-22-36(29-44(39)54-46(38)41)49-51-47(32-14-5-2-6-15-32)50-48(52-49)35-17-9-16-33(27-35)34-23-26-43-42(28-34)40-25-21-31-13-7-8-18-37(31)45(40)53-43/h1-29H/i7D,8D,13D,18D,21D,23D,25D,26D,28D. The van der Waals surface area contributed by atoms with Crippen molar-refractivity contribution in [1.82, 2.24) is 15.0 Å². The highest BCUT2D eigenvalue weighted by Gasteiger charge is 2.17. The van der Waals surface area contributed by atoms with Gasteiger partial charge in [-0.15, -0.1) is 11.3 Å². The predicted octanol–water partition coefficient (Wildman–Crippen LogP) is 13.6. The summed E-state index contributed by atoms with van der Waals surface area (Å²) in [6, 6.07) is 35.7. The molecule has 3 aromatic heterocycles. The molecule has 0 aliphatic heterocycles. The molecule has 3 heterocycles. The van der Waals surface area contributed by atoms with Crippen LogP contribution >= 0.6 is 11.3 Å². The van der Waals surface area contributed by atoms with Crippen molar-refractivity contribution in [3.63, 3.8) is 0 Å². The topological polar surface area (TPSA) is 51.8 Å². The minimum absolute atomic E-state index is 0.000505. The van der Waals surface area contributed by atoms with Gasteiger partial charge in [0.15, 0.2) is 17.5 Å². The average Bonchev–Trinajstić information content (AvgIpc) is 3.91. The highest BCUT2D eigenvalue weighted by molar-refractivity contribution is 7.26. The molecular weight excluding hydrogens is 679 g/mol. The minimum Gasteiger partial charge on any atom is -0.455 e. The Kier molecular flexibility index (Phi) is 5.22. The van der Waals surface area contributed by atoms with Crippen LogP contribution in [0.4, 0.5) is 0 Å². The fraction of sp³-hybridized carbons (Fsp3) is 0. The molecular formula is C49H29N3OS. The summed E-state index contributed by atoms with van der Waals surface area (Å²) in [5.41, 5.74) is 4.59. The molecule has 0 aliphatic carbocycles. The van der Waals surface area contributed by atoms with E-state index < -0.39 is 36.3 Å². The van der Waals surface area contributed by atoms with E-state index in [1.165, 1.54) is 15.6 Å². The van der Waals surface area contributed by atoms with Gasteiger partial charge in [0.25, 0.3) is 0 Å². The third-order valence-electron chi connectivity index (χ3n) is 9.61. The molecule has 4 nitrogen and oxygen atoms in total. The maximum absolute atomic E-state index is 9.50. The van der Waals surface area contributed by atoms with Crippen LogP contribution in [-0.2, 0) is 0 Å². The average molecular weight is 717 g/mol. The van der Waals surface area contributed by atoms with Gasteiger partial charge in [-0.05, 0) is 57.9 Å². The summed E-state index contributed by atoms with van der Waals surface area (Å²) in [5.74, 6) is 1.24. The molecule has 0 N–H and O–H groups in total. The first-order valence-corrected chi connectivity index (χ1v) is 18.1. The molecule has 54 heavy (non-hydrogen) atoms. The van der Waals surface area contributed by atoms with Gasteiger partial charge in [0, 0.05) is 53.0 Å². The van der Waals surface area contributed by atoms with Crippen LogP contribution in [0, 0.1) is 0 Å². The summed E-state index contributed by atoms with van der Waals surface area (Å²) < 4.78 is 87.5. The summed E-state index contributed by atoms with van der Waals surface area (Å²) in [6.07, 6.45) is 0. The molecule has 0 amide bonds. The molecule has 0 saturated carbocycles. The summed E-state index contributed by atoms with van der Waals surface area (Å²) >= 11 is 1.72. The molecule has 252 valence electrons. The summed E-state index contributed by atoms with van der Waals surface area (Å²) in [6.45, 7) is 0. The molecule has 0 saturated heterocycles. The minimum atomic E-state index is -0.551. The number of fused-ring (bicyclic) bond motifs is 8. The van der Waals surface area contributed by atoms with Crippen molar-refractivity contribution in [1.29, 1.82) is 0 Å². The predicted molar refractivity (Wildman–Crippen MR) is 225 cm³/mol. The lowest BCUT2D eigenvalue weighted by Gasteiger charge is -2.10.